The average Bonchev–Trinajstić information content (AvgIpc) is 2.92. The lowest BCUT2D eigenvalue weighted by molar-refractivity contribution is -0.134. The van der Waals surface area contributed by atoms with Crippen molar-refractivity contribution >= 4 is 17.5 Å². The second-order valence-electron chi connectivity index (χ2n) is 7.31. The maximum Gasteiger partial charge on any atom is 0.229 e. The fourth-order valence-electron chi connectivity index (χ4n) is 3.75. The minimum absolute atomic E-state index is 0.00218. The average molecular weight is 368 g/mol. The van der Waals surface area contributed by atoms with E-state index < -0.39 is 0 Å². The van der Waals surface area contributed by atoms with Crippen LogP contribution >= 0.6 is 0 Å². The molecule has 2 heterocycles. The van der Waals surface area contributed by atoms with E-state index in [0.717, 1.165) is 42.0 Å². The molecule has 2 aromatic rings. The minimum Gasteiger partial charge on any atom is -0.342 e. The van der Waals surface area contributed by atoms with Gasteiger partial charge in [-0.15, -0.1) is 0 Å². The summed E-state index contributed by atoms with van der Waals surface area (Å²) >= 11 is 0. The Hall–Kier alpha value is -2.63. The lowest BCUT2D eigenvalue weighted by Gasteiger charge is -2.32. The van der Waals surface area contributed by atoms with Crippen LogP contribution in [0, 0.1) is 19.8 Å². The van der Waals surface area contributed by atoms with Crippen molar-refractivity contribution in [3.63, 3.8) is 0 Å². The maximum absolute atomic E-state index is 12.7. The van der Waals surface area contributed by atoms with Gasteiger partial charge in [0.2, 0.25) is 11.8 Å². The second kappa shape index (κ2) is 8.37. The molecule has 0 spiro atoms. The van der Waals surface area contributed by atoms with Crippen molar-refractivity contribution in [1.82, 2.24) is 14.7 Å². The third-order valence-corrected chi connectivity index (χ3v) is 5.43. The molecule has 0 bridgehead atoms. The van der Waals surface area contributed by atoms with Crippen LogP contribution in [0.4, 0.5) is 5.69 Å². The van der Waals surface area contributed by atoms with Gasteiger partial charge in [-0.1, -0.05) is 18.2 Å². The number of amides is 2. The molecule has 1 unspecified atom stereocenters. The van der Waals surface area contributed by atoms with Crippen molar-refractivity contribution in [3.05, 3.63) is 47.3 Å². The molecule has 1 atom stereocenters. The number of rotatable bonds is 5. The number of aromatic nitrogens is 2. The van der Waals surface area contributed by atoms with E-state index in [0.29, 0.717) is 19.4 Å². The summed E-state index contributed by atoms with van der Waals surface area (Å²) in [5.41, 5.74) is 4.05. The predicted molar refractivity (Wildman–Crippen MR) is 105 cm³/mol. The molecule has 1 saturated heterocycles. The molecule has 6 heteroatoms. The number of hydrogen-bond acceptors (Lipinski definition) is 3. The zero-order valence-corrected chi connectivity index (χ0v) is 16.4. The molecule has 1 aromatic heterocycles. The molecule has 27 heavy (non-hydrogen) atoms. The van der Waals surface area contributed by atoms with E-state index >= 15 is 0 Å². The van der Waals surface area contributed by atoms with Gasteiger partial charge in [0.1, 0.15) is 0 Å². The Morgan fingerprint density at radius 2 is 1.96 bits per heavy atom. The van der Waals surface area contributed by atoms with Crippen LogP contribution in [0.15, 0.2) is 30.3 Å². The molecule has 1 aromatic carbocycles. The van der Waals surface area contributed by atoms with Crippen LogP contribution in [0.5, 0.6) is 0 Å². The number of carbonyl (C=O) groups is 2. The Labute approximate surface area is 160 Å². The van der Waals surface area contributed by atoms with Crippen molar-refractivity contribution < 1.29 is 9.59 Å². The summed E-state index contributed by atoms with van der Waals surface area (Å²) in [6, 6.07) is 9.47. The zero-order chi connectivity index (χ0) is 19.4. The summed E-state index contributed by atoms with van der Waals surface area (Å²) in [4.78, 5) is 27.1. The number of anilines is 1. The number of nitrogens with zero attached hydrogens (tertiary/aromatic N) is 3. The van der Waals surface area contributed by atoms with E-state index in [1.54, 1.807) is 0 Å². The third-order valence-electron chi connectivity index (χ3n) is 5.43. The van der Waals surface area contributed by atoms with E-state index in [1.807, 2.05) is 60.8 Å². The van der Waals surface area contributed by atoms with Crippen LogP contribution < -0.4 is 5.32 Å². The highest BCUT2D eigenvalue weighted by atomic mass is 16.2. The molecule has 3 rings (SSSR count). The van der Waals surface area contributed by atoms with Crippen LogP contribution in [0.25, 0.3) is 0 Å². The topological polar surface area (TPSA) is 67.2 Å². The molecule has 1 N–H and O–H groups in total. The van der Waals surface area contributed by atoms with Crippen molar-refractivity contribution in [2.75, 3.05) is 18.4 Å². The van der Waals surface area contributed by atoms with E-state index in [1.165, 1.54) is 0 Å². The summed E-state index contributed by atoms with van der Waals surface area (Å²) in [6.07, 6.45) is 2.84. The zero-order valence-electron chi connectivity index (χ0n) is 16.4. The van der Waals surface area contributed by atoms with Gasteiger partial charge in [0.05, 0.1) is 11.6 Å². The molecule has 0 saturated carbocycles. The lowest BCUT2D eigenvalue weighted by atomic mass is 9.96. The molecule has 0 aliphatic carbocycles. The third kappa shape index (κ3) is 4.56. The standard InChI is InChI=1S/C21H28N4O2/c1-15-19(16(2)24(3)23-15)11-12-20(26)25-13-7-8-17(14-25)21(27)22-18-9-5-4-6-10-18/h4-6,9-10,17H,7-8,11-14H2,1-3H3,(H,22,27). The number of benzene rings is 1. The first kappa shape index (κ1) is 19.1. The van der Waals surface area contributed by atoms with E-state index in [9.17, 15) is 9.59 Å². The van der Waals surface area contributed by atoms with Crippen molar-refractivity contribution in [2.45, 2.75) is 39.5 Å². The van der Waals surface area contributed by atoms with Crippen LogP contribution in [0.3, 0.4) is 0 Å². The van der Waals surface area contributed by atoms with Gasteiger partial charge in [0.15, 0.2) is 0 Å². The van der Waals surface area contributed by atoms with Crippen LogP contribution in [-0.2, 0) is 23.1 Å². The molecular weight excluding hydrogens is 340 g/mol. The molecule has 6 nitrogen and oxygen atoms in total. The number of hydrogen-bond donors (Lipinski definition) is 1. The number of nitrogens with one attached hydrogen (secondary N) is 1. The van der Waals surface area contributed by atoms with Gasteiger partial charge in [-0.25, -0.2) is 0 Å². The SMILES string of the molecule is Cc1nn(C)c(C)c1CCC(=O)N1CCCC(C(=O)Nc2ccccc2)C1. The summed E-state index contributed by atoms with van der Waals surface area (Å²) in [7, 11) is 1.92. The molecule has 144 valence electrons. The van der Waals surface area contributed by atoms with E-state index in [2.05, 4.69) is 10.4 Å². The van der Waals surface area contributed by atoms with Crippen LogP contribution in [0.1, 0.15) is 36.2 Å². The Balaban J connectivity index is 1.55. The fraction of sp³-hybridized carbons (Fsp3) is 0.476. The Bertz CT molecular complexity index is 813. The predicted octanol–water partition coefficient (Wildman–Crippen LogP) is 2.85. The second-order valence-corrected chi connectivity index (χ2v) is 7.31. The Morgan fingerprint density at radius 3 is 2.63 bits per heavy atom. The molecule has 1 aliphatic rings. The molecule has 2 amide bonds. The van der Waals surface area contributed by atoms with Gasteiger partial charge in [-0.3, -0.25) is 14.3 Å². The van der Waals surface area contributed by atoms with Gasteiger partial charge in [-0.2, -0.15) is 5.10 Å². The first-order valence-corrected chi connectivity index (χ1v) is 9.58. The Kier molecular flexibility index (Phi) is 5.94. The van der Waals surface area contributed by atoms with E-state index in [-0.39, 0.29) is 17.7 Å². The first-order chi connectivity index (χ1) is 13.0. The highest BCUT2D eigenvalue weighted by molar-refractivity contribution is 5.93. The molecule has 1 aliphatic heterocycles. The number of carbonyl (C=O) groups excluding carboxylic acids is 2. The van der Waals surface area contributed by atoms with Crippen molar-refractivity contribution in [1.29, 1.82) is 0 Å². The minimum atomic E-state index is -0.148. The summed E-state index contributed by atoms with van der Waals surface area (Å²) in [6.45, 7) is 5.25. The summed E-state index contributed by atoms with van der Waals surface area (Å²) < 4.78 is 1.86. The maximum atomic E-state index is 12.7. The summed E-state index contributed by atoms with van der Waals surface area (Å²) in [5.74, 6) is -0.0303. The molecule has 0 radical (unpaired) electrons. The van der Waals surface area contributed by atoms with Gasteiger partial charge in [-0.05, 0) is 50.8 Å². The van der Waals surface area contributed by atoms with Gasteiger partial charge in [0, 0.05) is 37.9 Å². The summed E-state index contributed by atoms with van der Waals surface area (Å²) in [5, 5.41) is 7.37. The quantitative estimate of drug-likeness (QED) is 0.882. The van der Waals surface area contributed by atoms with Crippen molar-refractivity contribution in [2.24, 2.45) is 13.0 Å². The number of aryl methyl sites for hydroxylation is 2. The van der Waals surface area contributed by atoms with Crippen LogP contribution in [0.2, 0.25) is 0 Å². The number of para-hydroxylation sites is 1. The number of piperidine rings is 1. The van der Waals surface area contributed by atoms with Gasteiger partial charge >= 0.3 is 0 Å². The van der Waals surface area contributed by atoms with E-state index in [4.69, 9.17) is 0 Å². The smallest absolute Gasteiger partial charge is 0.229 e. The molecular formula is C21H28N4O2. The highest BCUT2D eigenvalue weighted by Gasteiger charge is 2.28. The lowest BCUT2D eigenvalue weighted by Crippen LogP contribution is -2.43. The first-order valence-electron chi connectivity index (χ1n) is 9.58. The fourth-order valence-corrected chi connectivity index (χ4v) is 3.75. The van der Waals surface area contributed by atoms with Crippen molar-refractivity contribution in [3.8, 4) is 0 Å². The van der Waals surface area contributed by atoms with Gasteiger partial charge in [0.25, 0.3) is 0 Å². The van der Waals surface area contributed by atoms with Gasteiger partial charge < -0.3 is 10.2 Å². The largest absolute Gasteiger partial charge is 0.342 e. The van der Waals surface area contributed by atoms with Crippen LogP contribution in [-0.4, -0.2) is 39.6 Å². The monoisotopic (exact) mass is 368 g/mol. The Morgan fingerprint density at radius 1 is 1.22 bits per heavy atom. The molecule has 1 fully saturated rings. The normalized spacial score (nSPS) is 17.0. The number of likely N-dealkylation sites (tertiary alicyclic amines) is 1. The highest BCUT2D eigenvalue weighted by Crippen LogP contribution is 2.21.